The van der Waals surface area contributed by atoms with Gasteiger partial charge in [-0.2, -0.15) is 0 Å². The van der Waals surface area contributed by atoms with Gasteiger partial charge >= 0.3 is 0 Å². The Morgan fingerprint density at radius 1 is 1.33 bits per heavy atom. The Morgan fingerprint density at radius 3 is 2.56 bits per heavy atom. The number of epoxide rings is 2. The van der Waals surface area contributed by atoms with Gasteiger partial charge in [0.15, 0.2) is 0 Å². The Balaban J connectivity index is 1.68. The van der Waals surface area contributed by atoms with Crippen LogP contribution in [0.2, 0.25) is 0 Å². The van der Waals surface area contributed by atoms with Crippen LogP contribution in [0.3, 0.4) is 0 Å². The smallest absolute Gasteiger partial charge is 0.102 e. The van der Waals surface area contributed by atoms with Gasteiger partial charge in [0, 0.05) is 6.42 Å². The largest absolute Gasteiger partial charge is 0.390 e. The number of rotatable bonds is 4. The molecule has 0 radical (unpaired) electrons. The lowest BCUT2D eigenvalue weighted by molar-refractivity contribution is -0.00511. The molecule has 6 unspecified atom stereocenters. The van der Waals surface area contributed by atoms with E-state index >= 15 is 0 Å². The van der Waals surface area contributed by atoms with Crippen LogP contribution in [-0.2, 0) is 9.47 Å². The quantitative estimate of drug-likeness (QED) is 0.739. The molecule has 2 saturated heterocycles. The number of aliphatic hydroxyl groups excluding tert-OH is 2. The van der Waals surface area contributed by atoms with Crippen molar-refractivity contribution in [1.29, 1.82) is 0 Å². The van der Waals surface area contributed by atoms with E-state index < -0.39 is 12.2 Å². The van der Waals surface area contributed by atoms with Crippen LogP contribution in [0.15, 0.2) is 0 Å². The maximum absolute atomic E-state index is 10.2. The van der Waals surface area contributed by atoms with Crippen molar-refractivity contribution >= 4 is 0 Å². The van der Waals surface area contributed by atoms with Crippen molar-refractivity contribution in [3.8, 4) is 0 Å². The molecule has 4 heteroatoms. The highest BCUT2D eigenvalue weighted by atomic mass is 16.6. The standard InChI is InChI=1S/C14H24O4/c1-8(2)4-5-10-13(3,18-10)12-11(16)9(15)6-14(12)7-17-14/h8-12,15-16H,4-7H2,1-3H3. The number of aliphatic hydroxyl groups is 2. The maximum Gasteiger partial charge on any atom is 0.102 e. The fourth-order valence-corrected chi connectivity index (χ4v) is 3.76. The average molecular weight is 256 g/mol. The van der Waals surface area contributed by atoms with Crippen LogP contribution in [0.5, 0.6) is 0 Å². The van der Waals surface area contributed by atoms with Gasteiger partial charge < -0.3 is 19.7 Å². The lowest BCUT2D eigenvalue weighted by atomic mass is 9.80. The first kappa shape index (κ1) is 12.9. The van der Waals surface area contributed by atoms with Crippen LogP contribution in [0.1, 0.15) is 40.0 Å². The SMILES string of the molecule is CC(C)CCC1OC1(C)C1C(O)C(O)CC12CO2. The molecule has 104 valence electrons. The third kappa shape index (κ3) is 1.82. The summed E-state index contributed by atoms with van der Waals surface area (Å²) in [6.07, 6.45) is 1.56. The molecule has 3 aliphatic rings. The van der Waals surface area contributed by atoms with Gasteiger partial charge in [-0.25, -0.2) is 0 Å². The summed E-state index contributed by atoms with van der Waals surface area (Å²) >= 11 is 0. The molecule has 0 aromatic rings. The topological polar surface area (TPSA) is 65.5 Å². The van der Waals surface area contributed by atoms with Gasteiger partial charge in [-0.15, -0.1) is 0 Å². The molecule has 6 atom stereocenters. The second kappa shape index (κ2) is 3.92. The van der Waals surface area contributed by atoms with E-state index in [1.165, 1.54) is 0 Å². The van der Waals surface area contributed by atoms with E-state index in [0.29, 0.717) is 18.9 Å². The molecule has 1 saturated carbocycles. The summed E-state index contributed by atoms with van der Waals surface area (Å²) in [6.45, 7) is 7.13. The van der Waals surface area contributed by atoms with Crippen molar-refractivity contribution in [2.24, 2.45) is 11.8 Å². The van der Waals surface area contributed by atoms with Gasteiger partial charge in [-0.1, -0.05) is 13.8 Å². The first-order chi connectivity index (χ1) is 8.39. The summed E-state index contributed by atoms with van der Waals surface area (Å²) in [7, 11) is 0. The molecular formula is C14H24O4. The zero-order chi connectivity index (χ0) is 13.1. The van der Waals surface area contributed by atoms with E-state index in [0.717, 1.165) is 12.8 Å². The highest BCUT2D eigenvalue weighted by Crippen LogP contribution is 2.60. The number of hydrogen-bond donors (Lipinski definition) is 2. The van der Waals surface area contributed by atoms with Gasteiger partial charge in [0.25, 0.3) is 0 Å². The fourth-order valence-electron chi connectivity index (χ4n) is 3.76. The zero-order valence-electron chi connectivity index (χ0n) is 11.4. The Bertz CT molecular complexity index is 339. The maximum atomic E-state index is 10.2. The van der Waals surface area contributed by atoms with Crippen LogP contribution in [0, 0.1) is 11.8 Å². The molecular weight excluding hydrogens is 232 g/mol. The first-order valence-electron chi connectivity index (χ1n) is 7.07. The summed E-state index contributed by atoms with van der Waals surface area (Å²) in [5, 5.41) is 20.0. The Kier molecular flexibility index (Phi) is 2.80. The Morgan fingerprint density at radius 2 is 2.00 bits per heavy atom. The summed E-state index contributed by atoms with van der Waals surface area (Å²) in [4.78, 5) is 0. The minimum absolute atomic E-state index is 0.0721. The summed E-state index contributed by atoms with van der Waals surface area (Å²) in [5.41, 5.74) is -0.609. The average Bonchev–Trinajstić information content (AvgIpc) is 3.14. The molecule has 1 aliphatic carbocycles. The molecule has 3 rings (SSSR count). The summed E-state index contributed by atoms with van der Waals surface area (Å²) < 4.78 is 11.4. The van der Waals surface area contributed by atoms with E-state index in [4.69, 9.17) is 9.47 Å². The molecule has 0 bridgehead atoms. The lowest BCUT2D eigenvalue weighted by Crippen LogP contribution is -2.40. The van der Waals surface area contributed by atoms with Crippen molar-refractivity contribution in [3.05, 3.63) is 0 Å². The molecule has 2 N–H and O–H groups in total. The fraction of sp³-hybridized carbons (Fsp3) is 1.00. The van der Waals surface area contributed by atoms with Crippen molar-refractivity contribution in [2.75, 3.05) is 6.61 Å². The van der Waals surface area contributed by atoms with Crippen molar-refractivity contribution in [3.63, 3.8) is 0 Å². The van der Waals surface area contributed by atoms with Crippen LogP contribution in [0.25, 0.3) is 0 Å². The van der Waals surface area contributed by atoms with E-state index in [1.807, 2.05) is 0 Å². The third-order valence-electron chi connectivity index (χ3n) is 4.97. The zero-order valence-corrected chi connectivity index (χ0v) is 11.4. The van der Waals surface area contributed by atoms with Crippen LogP contribution >= 0.6 is 0 Å². The number of ether oxygens (including phenoxy) is 2. The Labute approximate surface area is 108 Å². The molecule has 4 nitrogen and oxygen atoms in total. The van der Waals surface area contributed by atoms with Gasteiger partial charge in [-0.05, 0) is 25.7 Å². The molecule has 2 heterocycles. The van der Waals surface area contributed by atoms with E-state index in [-0.39, 0.29) is 23.2 Å². The summed E-state index contributed by atoms with van der Waals surface area (Å²) in [6, 6.07) is 0. The molecule has 1 spiro atoms. The predicted molar refractivity (Wildman–Crippen MR) is 66.2 cm³/mol. The second-order valence-corrected chi connectivity index (χ2v) is 6.85. The minimum Gasteiger partial charge on any atom is -0.390 e. The number of hydrogen-bond acceptors (Lipinski definition) is 4. The molecule has 0 amide bonds. The van der Waals surface area contributed by atoms with E-state index in [1.54, 1.807) is 0 Å². The summed E-state index contributed by atoms with van der Waals surface area (Å²) in [5.74, 6) is 0.598. The van der Waals surface area contributed by atoms with E-state index in [2.05, 4.69) is 20.8 Å². The highest BCUT2D eigenvalue weighted by Gasteiger charge is 2.73. The third-order valence-corrected chi connectivity index (χ3v) is 4.97. The van der Waals surface area contributed by atoms with Crippen LogP contribution < -0.4 is 0 Å². The van der Waals surface area contributed by atoms with Gasteiger partial charge in [0.2, 0.25) is 0 Å². The second-order valence-electron chi connectivity index (χ2n) is 6.85. The van der Waals surface area contributed by atoms with Gasteiger partial charge in [-0.3, -0.25) is 0 Å². The lowest BCUT2D eigenvalue weighted by Gasteiger charge is -2.24. The van der Waals surface area contributed by atoms with Crippen LogP contribution in [-0.4, -0.2) is 46.3 Å². The molecule has 3 fully saturated rings. The van der Waals surface area contributed by atoms with Crippen molar-refractivity contribution in [2.45, 2.75) is 69.5 Å². The van der Waals surface area contributed by atoms with Gasteiger partial charge in [0.05, 0.1) is 30.8 Å². The highest BCUT2D eigenvalue weighted by molar-refractivity contribution is 5.21. The first-order valence-corrected chi connectivity index (χ1v) is 7.07. The molecule has 0 aromatic heterocycles. The molecule has 2 aliphatic heterocycles. The van der Waals surface area contributed by atoms with Gasteiger partial charge in [0.1, 0.15) is 11.2 Å². The Hall–Kier alpha value is -0.160. The predicted octanol–water partition coefficient (Wildman–Crippen LogP) is 1.09. The minimum atomic E-state index is -0.707. The van der Waals surface area contributed by atoms with Crippen LogP contribution in [0.4, 0.5) is 0 Å². The van der Waals surface area contributed by atoms with E-state index in [9.17, 15) is 10.2 Å². The molecule has 0 aromatic carbocycles. The normalized spacial score (nSPS) is 54.3. The van der Waals surface area contributed by atoms with Crippen molar-refractivity contribution in [1.82, 2.24) is 0 Å². The monoisotopic (exact) mass is 256 g/mol. The molecule has 18 heavy (non-hydrogen) atoms. The van der Waals surface area contributed by atoms with Crippen molar-refractivity contribution < 1.29 is 19.7 Å².